The van der Waals surface area contributed by atoms with Crippen LogP contribution in [0.25, 0.3) is 0 Å². The van der Waals surface area contributed by atoms with Crippen LogP contribution in [0.15, 0.2) is 30.3 Å². The summed E-state index contributed by atoms with van der Waals surface area (Å²) < 4.78 is 10.3. The molecule has 124 valence electrons. The van der Waals surface area contributed by atoms with E-state index < -0.39 is 12.0 Å². The average Bonchev–Trinajstić information content (AvgIpc) is 2.87. The van der Waals surface area contributed by atoms with E-state index in [1.165, 1.54) is 7.11 Å². The molecule has 1 aromatic rings. The second kappa shape index (κ2) is 7.10. The molecular weight excluding hydrogens is 298 g/mol. The van der Waals surface area contributed by atoms with Gasteiger partial charge in [-0.05, 0) is 24.8 Å². The molecule has 1 aliphatic heterocycles. The molecule has 1 saturated heterocycles. The number of nitrogens with one attached hydrogen (secondary N) is 1. The summed E-state index contributed by atoms with van der Waals surface area (Å²) in [6.45, 7) is 0.341. The van der Waals surface area contributed by atoms with Gasteiger partial charge in [0.25, 0.3) is 0 Å². The fourth-order valence-corrected chi connectivity index (χ4v) is 3.36. The van der Waals surface area contributed by atoms with Crippen molar-refractivity contribution in [2.45, 2.75) is 38.0 Å². The largest absolute Gasteiger partial charge is 0.468 e. The smallest absolute Gasteiger partial charge is 0.325 e. The van der Waals surface area contributed by atoms with Gasteiger partial charge in [0.05, 0.1) is 19.6 Å². The third-order valence-electron chi connectivity index (χ3n) is 4.62. The van der Waals surface area contributed by atoms with Crippen molar-refractivity contribution in [3.05, 3.63) is 35.9 Å². The van der Waals surface area contributed by atoms with E-state index in [0.29, 0.717) is 13.0 Å². The Bertz CT molecular complexity index is 561. The van der Waals surface area contributed by atoms with Crippen LogP contribution in [0.1, 0.15) is 24.8 Å². The van der Waals surface area contributed by atoms with Crippen molar-refractivity contribution in [3.63, 3.8) is 0 Å². The Hall–Kier alpha value is -1.92. The molecular formula is C17H21NO5. The first-order valence-corrected chi connectivity index (χ1v) is 7.88. The number of benzene rings is 1. The van der Waals surface area contributed by atoms with Crippen molar-refractivity contribution < 1.29 is 23.9 Å². The normalized spacial score (nSPS) is 27.3. The van der Waals surface area contributed by atoms with Gasteiger partial charge >= 0.3 is 11.9 Å². The van der Waals surface area contributed by atoms with Gasteiger partial charge in [-0.3, -0.25) is 14.4 Å². The van der Waals surface area contributed by atoms with Gasteiger partial charge in [-0.15, -0.1) is 0 Å². The van der Waals surface area contributed by atoms with Gasteiger partial charge in [-0.25, -0.2) is 0 Å². The van der Waals surface area contributed by atoms with E-state index in [4.69, 9.17) is 14.3 Å². The molecule has 2 bridgehead atoms. The molecule has 0 aromatic heterocycles. The van der Waals surface area contributed by atoms with Crippen LogP contribution in [-0.4, -0.2) is 31.2 Å². The molecule has 23 heavy (non-hydrogen) atoms. The maximum atomic E-state index is 12.1. The van der Waals surface area contributed by atoms with E-state index in [2.05, 4.69) is 5.48 Å². The van der Waals surface area contributed by atoms with Crippen LogP contribution in [0, 0.1) is 11.8 Å². The number of esters is 2. The highest BCUT2D eigenvalue weighted by atomic mass is 16.6. The van der Waals surface area contributed by atoms with Crippen molar-refractivity contribution in [3.8, 4) is 0 Å². The average molecular weight is 319 g/mol. The van der Waals surface area contributed by atoms with E-state index >= 15 is 0 Å². The minimum Gasteiger partial charge on any atom is -0.468 e. The second-order valence-corrected chi connectivity index (χ2v) is 6.04. The number of ether oxygens (including phenoxy) is 2. The van der Waals surface area contributed by atoms with Crippen LogP contribution in [0.5, 0.6) is 0 Å². The lowest BCUT2D eigenvalue weighted by molar-refractivity contribution is -0.156. The van der Waals surface area contributed by atoms with Crippen molar-refractivity contribution in [1.82, 2.24) is 5.48 Å². The van der Waals surface area contributed by atoms with Crippen molar-refractivity contribution in [2.24, 2.45) is 11.8 Å². The zero-order chi connectivity index (χ0) is 16.2. The molecule has 2 aliphatic rings. The lowest BCUT2D eigenvalue weighted by atomic mass is 9.78. The Kier molecular flexibility index (Phi) is 4.93. The number of carbonyl (C=O) groups excluding carboxylic acids is 2. The molecule has 2 fully saturated rings. The molecule has 6 heteroatoms. The number of methoxy groups -OCH3 is 1. The first kappa shape index (κ1) is 16.0. The number of rotatable bonds is 6. The molecule has 0 spiro atoms. The number of hydroxylamine groups is 1. The van der Waals surface area contributed by atoms with Crippen LogP contribution in [0.2, 0.25) is 0 Å². The van der Waals surface area contributed by atoms with E-state index in [9.17, 15) is 9.59 Å². The van der Waals surface area contributed by atoms with E-state index in [1.54, 1.807) is 0 Å². The monoisotopic (exact) mass is 319 g/mol. The Balaban J connectivity index is 1.61. The number of hydrogen-bond acceptors (Lipinski definition) is 6. The van der Waals surface area contributed by atoms with E-state index in [1.807, 2.05) is 30.3 Å². The van der Waals surface area contributed by atoms with Crippen LogP contribution in [0.4, 0.5) is 0 Å². The van der Waals surface area contributed by atoms with Gasteiger partial charge in [0.1, 0.15) is 12.1 Å². The number of hydrogen-bond donors (Lipinski definition) is 1. The molecule has 3 rings (SSSR count). The predicted octanol–water partition coefficient (Wildman–Crippen LogP) is 1.59. The van der Waals surface area contributed by atoms with Gasteiger partial charge < -0.3 is 9.47 Å². The van der Waals surface area contributed by atoms with Gasteiger partial charge in [0, 0.05) is 5.92 Å². The molecule has 0 amide bonds. The zero-order valence-corrected chi connectivity index (χ0v) is 13.1. The lowest BCUT2D eigenvalue weighted by Crippen LogP contribution is -2.48. The number of fused-ring (bicyclic) bond motifs is 2. The zero-order valence-electron chi connectivity index (χ0n) is 13.1. The molecule has 0 radical (unpaired) electrons. The molecule has 1 aliphatic carbocycles. The highest BCUT2D eigenvalue weighted by Crippen LogP contribution is 2.39. The summed E-state index contributed by atoms with van der Waals surface area (Å²) in [5, 5.41) is 0. The predicted molar refractivity (Wildman–Crippen MR) is 80.9 cm³/mol. The highest BCUT2D eigenvalue weighted by Gasteiger charge is 2.48. The maximum Gasteiger partial charge on any atom is 0.325 e. The summed E-state index contributed by atoms with van der Waals surface area (Å²) in [4.78, 5) is 29.3. The van der Waals surface area contributed by atoms with Crippen LogP contribution in [0.3, 0.4) is 0 Å². The first-order chi connectivity index (χ1) is 11.2. The third-order valence-corrected chi connectivity index (χ3v) is 4.62. The second-order valence-electron chi connectivity index (χ2n) is 6.04. The van der Waals surface area contributed by atoms with Crippen LogP contribution >= 0.6 is 0 Å². The topological polar surface area (TPSA) is 73.9 Å². The van der Waals surface area contributed by atoms with Crippen LogP contribution in [-0.2, 0) is 30.5 Å². The summed E-state index contributed by atoms with van der Waals surface area (Å²) in [5.74, 6) is -0.684. The lowest BCUT2D eigenvalue weighted by Gasteiger charge is -2.31. The van der Waals surface area contributed by atoms with Crippen molar-refractivity contribution in [1.29, 1.82) is 0 Å². The third kappa shape index (κ3) is 3.54. The van der Waals surface area contributed by atoms with Gasteiger partial charge in [0.15, 0.2) is 0 Å². The Morgan fingerprint density at radius 2 is 2.13 bits per heavy atom. The Labute approximate surface area is 135 Å². The summed E-state index contributed by atoms with van der Waals surface area (Å²) in [7, 11) is 1.35. The summed E-state index contributed by atoms with van der Waals surface area (Å²) >= 11 is 0. The Morgan fingerprint density at radius 3 is 2.87 bits per heavy atom. The number of carbonyl (C=O) groups is 2. The molecule has 2 unspecified atom stereocenters. The minimum absolute atomic E-state index is 0.0141. The van der Waals surface area contributed by atoms with Gasteiger partial charge in [-0.1, -0.05) is 30.3 Å². The SMILES string of the molecule is COC(=O)C(NOCc1ccccc1)C1CC[C@@H]2C[C@H]1OC2=O. The summed E-state index contributed by atoms with van der Waals surface area (Å²) in [5.41, 5.74) is 3.82. The first-order valence-electron chi connectivity index (χ1n) is 7.88. The fraction of sp³-hybridized carbons (Fsp3) is 0.529. The van der Waals surface area contributed by atoms with Crippen LogP contribution < -0.4 is 5.48 Å². The summed E-state index contributed by atoms with van der Waals surface area (Å²) in [6.07, 6.45) is 1.92. The summed E-state index contributed by atoms with van der Waals surface area (Å²) in [6, 6.07) is 9.03. The highest BCUT2D eigenvalue weighted by molar-refractivity contribution is 5.78. The van der Waals surface area contributed by atoms with Crippen molar-refractivity contribution >= 4 is 11.9 Å². The minimum atomic E-state index is -0.638. The van der Waals surface area contributed by atoms with Gasteiger partial charge in [-0.2, -0.15) is 5.48 Å². The van der Waals surface area contributed by atoms with E-state index in [-0.39, 0.29) is 23.9 Å². The molecule has 1 saturated carbocycles. The molecule has 1 N–H and O–H groups in total. The quantitative estimate of drug-likeness (QED) is 0.634. The van der Waals surface area contributed by atoms with Gasteiger partial charge in [0.2, 0.25) is 0 Å². The molecule has 1 aromatic carbocycles. The molecule has 4 atom stereocenters. The maximum absolute atomic E-state index is 12.1. The van der Waals surface area contributed by atoms with Crippen molar-refractivity contribution in [2.75, 3.05) is 7.11 Å². The molecule has 1 heterocycles. The fourth-order valence-electron chi connectivity index (χ4n) is 3.36. The van der Waals surface area contributed by atoms with E-state index in [0.717, 1.165) is 18.4 Å². The molecule has 6 nitrogen and oxygen atoms in total. The standard InChI is InChI=1S/C17H21NO5/c1-21-17(20)15(18-22-10-11-5-3-2-4-6-11)13-8-7-12-9-14(13)23-16(12)19/h2-6,12-15,18H,7-10H2,1H3/t12-,13?,14-,15?/m1/s1. The Morgan fingerprint density at radius 1 is 1.35 bits per heavy atom.